The molecule has 0 N–H and O–H groups in total. The molecule has 1 saturated heterocycles. The van der Waals surface area contributed by atoms with Gasteiger partial charge in [0.1, 0.15) is 13.2 Å². The maximum atomic E-state index is 10.5. The second-order valence-electron chi connectivity index (χ2n) is 2.14. The van der Waals surface area contributed by atoms with E-state index >= 15 is 0 Å². The van der Waals surface area contributed by atoms with E-state index in [-0.39, 0.29) is 13.2 Å². The van der Waals surface area contributed by atoms with Gasteiger partial charge in [-0.25, -0.2) is 9.59 Å². The summed E-state index contributed by atoms with van der Waals surface area (Å²) in [5.74, 6) is -0.544. The largest absolute Gasteiger partial charge is 0.508 e. The highest BCUT2D eigenvalue weighted by molar-refractivity contribution is 5.81. The summed E-state index contributed by atoms with van der Waals surface area (Å²) in [5, 5.41) is 0. The van der Waals surface area contributed by atoms with Crippen LogP contribution in [0.1, 0.15) is 0 Å². The molecule has 1 aliphatic rings. The summed E-state index contributed by atoms with van der Waals surface area (Å²) in [6.45, 7) is 3.35. The summed E-state index contributed by atoms with van der Waals surface area (Å²) >= 11 is 0. The highest BCUT2D eigenvalue weighted by Gasteiger charge is 2.25. The third kappa shape index (κ3) is 2.26. The molecule has 1 rings (SSSR count). The third-order valence-electron chi connectivity index (χ3n) is 1.23. The molecule has 0 aromatic heterocycles. The Morgan fingerprint density at radius 1 is 1.83 bits per heavy atom. The van der Waals surface area contributed by atoms with Gasteiger partial charge in [-0.3, -0.25) is 0 Å². The quantitative estimate of drug-likeness (QED) is 0.451. The van der Waals surface area contributed by atoms with E-state index in [2.05, 4.69) is 20.8 Å². The lowest BCUT2D eigenvalue weighted by atomic mass is 10.4. The number of carbonyl (C=O) groups is 2. The standard InChI is InChI=1S/C7H8O5/c1-2-6(8)10-3-5-4-11-7(9)12-5/h2,5H,1,3-4H2. The number of rotatable bonds is 3. The summed E-state index contributed by atoms with van der Waals surface area (Å²) in [7, 11) is 0. The molecule has 12 heavy (non-hydrogen) atoms. The van der Waals surface area contributed by atoms with Crippen molar-refractivity contribution in [2.24, 2.45) is 0 Å². The van der Waals surface area contributed by atoms with E-state index in [0.29, 0.717) is 0 Å². The van der Waals surface area contributed by atoms with Crippen LogP contribution in [0.25, 0.3) is 0 Å². The SMILES string of the molecule is C=CC(=O)OCC1COC(=O)O1. The molecule has 5 heteroatoms. The smallest absolute Gasteiger partial charge is 0.458 e. The Labute approximate surface area is 68.9 Å². The van der Waals surface area contributed by atoms with Crippen LogP contribution < -0.4 is 0 Å². The summed E-state index contributed by atoms with van der Waals surface area (Å²) < 4.78 is 13.6. The van der Waals surface area contributed by atoms with Gasteiger partial charge in [-0.05, 0) is 0 Å². The Balaban J connectivity index is 2.20. The maximum Gasteiger partial charge on any atom is 0.508 e. The molecule has 66 valence electrons. The van der Waals surface area contributed by atoms with Gasteiger partial charge in [-0.1, -0.05) is 6.58 Å². The number of cyclic esters (lactones) is 2. The van der Waals surface area contributed by atoms with Crippen molar-refractivity contribution >= 4 is 12.1 Å². The number of hydrogen-bond acceptors (Lipinski definition) is 5. The Kier molecular flexibility index (Phi) is 2.68. The molecular weight excluding hydrogens is 164 g/mol. The molecular formula is C7H8O5. The van der Waals surface area contributed by atoms with Gasteiger partial charge in [0.05, 0.1) is 0 Å². The highest BCUT2D eigenvalue weighted by atomic mass is 16.8. The van der Waals surface area contributed by atoms with Crippen molar-refractivity contribution in [1.29, 1.82) is 0 Å². The van der Waals surface area contributed by atoms with E-state index in [1.54, 1.807) is 0 Å². The van der Waals surface area contributed by atoms with Crippen molar-refractivity contribution in [2.75, 3.05) is 13.2 Å². The third-order valence-corrected chi connectivity index (χ3v) is 1.23. The van der Waals surface area contributed by atoms with Gasteiger partial charge in [0.2, 0.25) is 0 Å². The fourth-order valence-electron chi connectivity index (χ4n) is 0.681. The molecule has 5 nitrogen and oxygen atoms in total. The lowest BCUT2D eigenvalue weighted by Crippen LogP contribution is -2.19. The first kappa shape index (κ1) is 8.58. The molecule has 1 fully saturated rings. The van der Waals surface area contributed by atoms with E-state index in [1.807, 2.05) is 0 Å². The molecule has 0 saturated carbocycles. The van der Waals surface area contributed by atoms with Gasteiger partial charge in [0.25, 0.3) is 0 Å². The average Bonchev–Trinajstić information content (AvgIpc) is 2.47. The normalized spacial score (nSPS) is 21.0. The minimum Gasteiger partial charge on any atom is -0.458 e. The molecule has 0 radical (unpaired) electrons. The summed E-state index contributed by atoms with van der Waals surface area (Å²) in [6, 6.07) is 0. The summed E-state index contributed by atoms with van der Waals surface area (Å²) in [4.78, 5) is 20.9. The minimum absolute atomic E-state index is 0.0105. The molecule has 0 amide bonds. The van der Waals surface area contributed by atoms with Crippen molar-refractivity contribution in [3.05, 3.63) is 12.7 Å². The zero-order valence-corrected chi connectivity index (χ0v) is 6.32. The predicted molar refractivity (Wildman–Crippen MR) is 37.4 cm³/mol. The molecule has 1 unspecified atom stereocenters. The first-order valence-electron chi connectivity index (χ1n) is 3.35. The molecule has 0 spiro atoms. The number of hydrogen-bond donors (Lipinski definition) is 0. The molecule has 1 aliphatic heterocycles. The second-order valence-corrected chi connectivity index (χ2v) is 2.14. The number of ether oxygens (including phenoxy) is 3. The zero-order chi connectivity index (χ0) is 8.97. The first-order chi connectivity index (χ1) is 5.72. The average molecular weight is 172 g/mol. The van der Waals surface area contributed by atoms with E-state index in [9.17, 15) is 9.59 Å². The molecule has 1 atom stereocenters. The van der Waals surface area contributed by atoms with Crippen LogP contribution in [0.3, 0.4) is 0 Å². The predicted octanol–water partition coefficient (Wildman–Crippen LogP) is 0.251. The maximum absolute atomic E-state index is 10.5. The summed E-state index contributed by atoms with van der Waals surface area (Å²) in [6.07, 6.45) is -0.173. The molecule has 0 bridgehead atoms. The van der Waals surface area contributed by atoms with Crippen LogP contribution in [0.2, 0.25) is 0 Å². The van der Waals surface area contributed by atoms with Crippen LogP contribution in [-0.2, 0) is 19.0 Å². The van der Waals surface area contributed by atoms with Crippen molar-refractivity contribution in [2.45, 2.75) is 6.10 Å². The lowest BCUT2D eigenvalue weighted by molar-refractivity contribution is -0.140. The van der Waals surface area contributed by atoms with E-state index < -0.39 is 18.2 Å². The van der Waals surface area contributed by atoms with Crippen LogP contribution in [0.5, 0.6) is 0 Å². The van der Waals surface area contributed by atoms with Crippen LogP contribution >= 0.6 is 0 Å². The van der Waals surface area contributed by atoms with E-state index in [1.165, 1.54) is 0 Å². The Morgan fingerprint density at radius 3 is 3.08 bits per heavy atom. The first-order valence-corrected chi connectivity index (χ1v) is 3.35. The Bertz CT molecular complexity index is 210. The molecule has 1 heterocycles. The monoisotopic (exact) mass is 172 g/mol. The van der Waals surface area contributed by atoms with Gasteiger partial charge < -0.3 is 14.2 Å². The van der Waals surface area contributed by atoms with Crippen molar-refractivity contribution in [3.8, 4) is 0 Å². The summed E-state index contributed by atoms with van der Waals surface area (Å²) in [5.41, 5.74) is 0. The number of esters is 1. The van der Waals surface area contributed by atoms with Crippen LogP contribution in [0.15, 0.2) is 12.7 Å². The topological polar surface area (TPSA) is 61.8 Å². The van der Waals surface area contributed by atoms with Crippen LogP contribution in [0.4, 0.5) is 4.79 Å². The van der Waals surface area contributed by atoms with Gasteiger partial charge in [0.15, 0.2) is 6.10 Å². The van der Waals surface area contributed by atoms with Crippen LogP contribution in [0, 0.1) is 0 Å². The molecule has 0 aromatic carbocycles. The Hall–Kier alpha value is -1.52. The van der Waals surface area contributed by atoms with Crippen molar-refractivity contribution < 1.29 is 23.8 Å². The highest BCUT2D eigenvalue weighted by Crippen LogP contribution is 2.05. The second kappa shape index (κ2) is 3.75. The van der Waals surface area contributed by atoms with Crippen LogP contribution in [-0.4, -0.2) is 31.4 Å². The minimum atomic E-state index is -0.727. The Morgan fingerprint density at radius 2 is 2.58 bits per heavy atom. The fraction of sp³-hybridized carbons (Fsp3) is 0.429. The zero-order valence-electron chi connectivity index (χ0n) is 6.32. The van der Waals surface area contributed by atoms with Gasteiger partial charge in [-0.2, -0.15) is 0 Å². The van der Waals surface area contributed by atoms with Crippen molar-refractivity contribution in [1.82, 2.24) is 0 Å². The van der Waals surface area contributed by atoms with E-state index in [4.69, 9.17) is 0 Å². The lowest BCUT2D eigenvalue weighted by Gasteiger charge is -2.04. The van der Waals surface area contributed by atoms with Gasteiger partial charge >= 0.3 is 12.1 Å². The number of carbonyl (C=O) groups excluding carboxylic acids is 2. The molecule has 0 aliphatic carbocycles. The van der Waals surface area contributed by atoms with Crippen molar-refractivity contribution in [3.63, 3.8) is 0 Å². The van der Waals surface area contributed by atoms with Gasteiger partial charge in [0, 0.05) is 6.08 Å². The fourth-order valence-corrected chi connectivity index (χ4v) is 0.681. The molecule has 0 aromatic rings. The van der Waals surface area contributed by atoms with Gasteiger partial charge in [-0.15, -0.1) is 0 Å². The van der Waals surface area contributed by atoms with E-state index in [0.717, 1.165) is 6.08 Å².